The number of hydrogen-bond acceptors (Lipinski definition) is 3. The van der Waals surface area contributed by atoms with Crippen molar-refractivity contribution in [1.29, 1.82) is 0 Å². The Kier molecular flexibility index (Phi) is 3.58. The van der Waals surface area contributed by atoms with Gasteiger partial charge in [-0.3, -0.25) is 0 Å². The number of benzene rings is 1. The molecule has 4 nitrogen and oxygen atoms in total. The van der Waals surface area contributed by atoms with Crippen LogP contribution in [-0.2, 0) is 15.6 Å². The highest BCUT2D eigenvalue weighted by molar-refractivity contribution is 7.90. The molecular formula is C14H19NO3S. The zero-order valence-electron chi connectivity index (χ0n) is 11.4. The number of fused-ring (bicyclic) bond motifs is 1. The molecule has 0 aliphatic heterocycles. The van der Waals surface area contributed by atoms with E-state index in [1.807, 2.05) is 30.5 Å². The van der Waals surface area contributed by atoms with Gasteiger partial charge in [0, 0.05) is 28.9 Å². The van der Waals surface area contributed by atoms with Crippen LogP contribution in [-0.4, -0.2) is 23.8 Å². The Morgan fingerprint density at radius 2 is 1.95 bits per heavy atom. The van der Waals surface area contributed by atoms with Gasteiger partial charge in [-0.25, -0.2) is 8.42 Å². The normalized spacial score (nSPS) is 12.4. The monoisotopic (exact) mass is 281 g/mol. The van der Waals surface area contributed by atoms with Gasteiger partial charge in [-0.15, -0.1) is 0 Å². The molecule has 0 aliphatic rings. The van der Waals surface area contributed by atoms with Crippen LogP contribution < -0.4 is 0 Å². The lowest BCUT2D eigenvalue weighted by Gasteiger charge is -2.14. The third kappa shape index (κ3) is 2.76. The molecule has 1 heterocycles. The number of phenols is 1. The van der Waals surface area contributed by atoms with Crippen LogP contribution in [0.5, 0.6) is 5.75 Å². The van der Waals surface area contributed by atoms with E-state index in [9.17, 15) is 13.5 Å². The molecule has 1 N–H and O–H groups in total. The molecule has 1 aromatic carbocycles. The molecule has 0 bridgehead atoms. The van der Waals surface area contributed by atoms with Crippen molar-refractivity contribution in [2.24, 2.45) is 0 Å². The van der Waals surface area contributed by atoms with Crippen LogP contribution in [0.3, 0.4) is 0 Å². The van der Waals surface area contributed by atoms with Gasteiger partial charge in [-0.1, -0.05) is 6.92 Å². The number of hydrogen-bond donors (Lipinski definition) is 1. The number of nitrogens with zero attached hydrogens (tertiary/aromatic N) is 1. The number of rotatable bonds is 4. The first-order chi connectivity index (χ1) is 8.84. The molecule has 1 aromatic heterocycles. The molecule has 19 heavy (non-hydrogen) atoms. The van der Waals surface area contributed by atoms with Crippen LogP contribution in [0.15, 0.2) is 24.3 Å². The molecule has 0 unspecified atom stereocenters. The highest BCUT2D eigenvalue weighted by atomic mass is 32.2. The van der Waals surface area contributed by atoms with E-state index in [0.717, 1.165) is 16.6 Å². The predicted octanol–water partition coefficient (Wildman–Crippen LogP) is 2.86. The molecule has 0 saturated heterocycles. The summed E-state index contributed by atoms with van der Waals surface area (Å²) < 4.78 is 25.6. The van der Waals surface area contributed by atoms with Gasteiger partial charge in [0.1, 0.15) is 5.75 Å². The Morgan fingerprint density at radius 3 is 2.53 bits per heavy atom. The summed E-state index contributed by atoms with van der Waals surface area (Å²) in [4.78, 5) is 0. The second kappa shape index (κ2) is 4.89. The van der Waals surface area contributed by atoms with Gasteiger partial charge in [0.2, 0.25) is 0 Å². The van der Waals surface area contributed by atoms with E-state index in [1.165, 1.54) is 0 Å². The molecular weight excluding hydrogens is 262 g/mol. The standard InChI is InChI=1S/C14H19NO3S/c1-4-19(17,18)9-12-7-11-5-6-13(16)8-14(11)15(12)10(2)3/h5-8,10,16H,4,9H2,1-3H3. The van der Waals surface area contributed by atoms with Gasteiger partial charge < -0.3 is 9.67 Å². The average Bonchev–Trinajstić information content (AvgIpc) is 2.65. The van der Waals surface area contributed by atoms with Gasteiger partial charge in [0.05, 0.1) is 11.3 Å². The van der Waals surface area contributed by atoms with Crippen LogP contribution in [0.1, 0.15) is 32.5 Å². The smallest absolute Gasteiger partial charge is 0.155 e. The minimum Gasteiger partial charge on any atom is -0.508 e. The average molecular weight is 281 g/mol. The SMILES string of the molecule is CCS(=O)(=O)Cc1cc2ccc(O)cc2n1C(C)C. The van der Waals surface area contributed by atoms with Crippen LogP contribution in [0.4, 0.5) is 0 Å². The second-order valence-corrected chi connectivity index (χ2v) is 7.37. The molecule has 0 aliphatic carbocycles. The van der Waals surface area contributed by atoms with E-state index in [-0.39, 0.29) is 23.3 Å². The summed E-state index contributed by atoms with van der Waals surface area (Å²) in [6.07, 6.45) is 0. The minimum absolute atomic E-state index is 0.0388. The fraction of sp³-hybridized carbons (Fsp3) is 0.429. The van der Waals surface area contributed by atoms with E-state index < -0.39 is 9.84 Å². The van der Waals surface area contributed by atoms with Crippen molar-refractivity contribution < 1.29 is 13.5 Å². The Balaban J connectivity index is 2.64. The van der Waals surface area contributed by atoms with Crippen molar-refractivity contribution in [3.05, 3.63) is 30.0 Å². The van der Waals surface area contributed by atoms with E-state index in [1.54, 1.807) is 19.1 Å². The largest absolute Gasteiger partial charge is 0.508 e. The van der Waals surface area contributed by atoms with Crippen molar-refractivity contribution in [3.63, 3.8) is 0 Å². The molecule has 0 fully saturated rings. The number of aromatic hydroxyl groups is 1. The Bertz CT molecular complexity index is 699. The maximum Gasteiger partial charge on any atom is 0.155 e. The number of phenolic OH excluding ortho intramolecular Hbond substituents is 1. The highest BCUT2D eigenvalue weighted by Crippen LogP contribution is 2.28. The maximum absolute atomic E-state index is 11.8. The lowest BCUT2D eigenvalue weighted by molar-refractivity contribution is 0.475. The molecule has 5 heteroatoms. The summed E-state index contributed by atoms with van der Waals surface area (Å²) in [7, 11) is -3.07. The first-order valence-electron chi connectivity index (χ1n) is 6.37. The highest BCUT2D eigenvalue weighted by Gasteiger charge is 2.17. The summed E-state index contributed by atoms with van der Waals surface area (Å²) in [5.74, 6) is 0.368. The maximum atomic E-state index is 11.8. The van der Waals surface area contributed by atoms with Crippen LogP contribution >= 0.6 is 0 Å². The Labute approximate surface area is 113 Å². The van der Waals surface area contributed by atoms with Gasteiger partial charge in [0.25, 0.3) is 0 Å². The third-order valence-corrected chi connectivity index (χ3v) is 4.84. The minimum atomic E-state index is -3.07. The van der Waals surface area contributed by atoms with E-state index >= 15 is 0 Å². The zero-order chi connectivity index (χ0) is 14.2. The summed E-state index contributed by atoms with van der Waals surface area (Å²) >= 11 is 0. The van der Waals surface area contributed by atoms with Crippen molar-refractivity contribution in [2.45, 2.75) is 32.6 Å². The fourth-order valence-electron chi connectivity index (χ4n) is 2.31. The third-order valence-electron chi connectivity index (χ3n) is 3.23. The van der Waals surface area contributed by atoms with Gasteiger partial charge in [0.15, 0.2) is 9.84 Å². The zero-order valence-corrected chi connectivity index (χ0v) is 12.2. The molecule has 0 saturated carbocycles. The predicted molar refractivity (Wildman–Crippen MR) is 77.2 cm³/mol. The van der Waals surface area contributed by atoms with Crippen LogP contribution in [0.2, 0.25) is 0 Å². The molecule has 0 radical (unpaired) electrons. The molecule has 2 aromatic rings. The second-order valence-electron chi connectivity index (χ2n) is 5.02. The van der Waals surface area contributed by atoms with E-state index in [2.05, 4.69) is 0 Å². The first-order valence-corrected chi connectivity index (χ1v) is 8.19. The van der Waals surface area contributed by atoms with Crippen LogP contribution in [0.25, 0.3) is 10.9 Å². The molecule has 0 spiro atoms. The van der Waals surface area contributed by atoms with E-state index in [0.29, 0.717) is 0 Å². The summed E-state index contributed by atoms with van der Waals surface area (Å²) in [6.45, 7) is 5.67. The number of sulfone groups is 1. The van der Waals surface area contributed by atoms with Crippen molar-refractivity contribution in [2.75, 3.05) is 5.75 Å². The van der Waals surface area contributed by atoms with Crippen molar-refractivity contribution >= 4 is 20.7 Å². The Hall–Kier alpha value is -1.49. The van der Waals surface area contributed by atoms with E-state index in [4.69, 9.17) is 0 Å². The van der Waals surface area contributed by atoms with Crippen molar-refractivity contribution in [1.82, 2.24) is 4.57 Å². The molecule has 104 valence electrons. The first kappa shape index (κ1) is 13.9. The van der Waals surface area contributed by atoms with Gasteiger partial charge in [-0.2, -0.15) is 0 Å². The molecule has 0 amide bonds. The lowest BCUT2D eigenvalue weighted by Crippen LogP contribution is -2.12. The number of aromatic nitrogens is 1. The molecule has 0 atom stereocenters. The van der Waals surface area contributed by atoms with Crippen LogP contribution in [0, 0.1) is 0 Å². The van der Waals surface area contributed by atoms with Gasteiger partial charge in [-0.05, 0) is 32.0 Å². The summed E-state index contributed by atoms with van der Waals surface area (Å²) in [5.41, 5.74) is 1.65. The summed E-state index contributed by atoms with van der Waals surface area (Å²) in [5, 5.41) is 10.5. The quantitative estimate of drug-likeness (QED) is 0.937. The fourth-order valence-corrected chi connectivity index (χ4v) is 3.19. The van der Waals surface area contributed by atoms with Crippen molar-refractivity contribution in [3.8, 4) is 5.75 Å². The lowest BCUT2D eigenvalue weighted by atomic mass is 10.2. The Morgan fingerprint density at radius 1 is 1.26 bits per heavy atom. The van der Waals surface area contributed by atoms with Gasteiger partial charge >= 0.3 is 0 Å². The topological polar surface area (TPSA) is 59.3 Å². The summed E-state index contributed by atoms with van der Waals surface area (Å²) in [6, 6.07) is 7.14. The molecule has 2 rings (SSSR count).